The van der Waals surface area contributed by atoms with Crippen LogP contribution in [0, 0.1) is 11.6 Å². The van der Waals surface area contributed by atoms with E-state index in [1.807, 2.05) is 0 Å². The van der Waals surface area contributed by atoms with Gasteiger partial charge in [0.15, 0.2) is 27.2 Å². The van der Waals surface area contributed by atoms with Gasteiger partial charge in [0.2, 0.25) is 0 Å². The molecule has 2 aromatic carbocycles. The lowest BCUT2D eigenvalue weighted by Crippen LogP contribution is -2.01. The second kappa shape index (κ2) is 5.79. The standard InChI is InChI=1S/C14H13F2NO3S/c1-21(18,19)11-4-2-10(3-5-11)20-14-12(15)6-9(8-17)7-13(14)16/h2-7H,8,17H2,1H3. The third-order valence-corrected chi connectivity index (χ3v) is 3.89. The van der Waals surface area contributed by atoms with Crippen LogP contribution in [-0.4, -0.2) is 14.7 Å². The first-order chi connectivity index (χ1) is 9.81. The molecule has 0 aliphatic heterocycles. The van der Waals surface area contributed by atoms with Gasteiger partial charge in [-0.1, -0.05) is 0 Å². The van der Waals surface area contributed by atoms with Crippen molar-refractivity contribution in [3.8, 4) is 11.5 Å². The molecule has 0 aliphatic rings. The fourth-order valence-corrected chi connectivity index (χ4v) is 2.33. The minimum absolute atomic E-state index is 0.0111. The number of nitrogens with two attached hydrogens (primary N) is 1. The molecule has 112 valence electrons. The van der Waals surface area contributed by atoms with E-state index in [0.717, 1.165) is 18.4 Å². The number of halogens is 2. The van der Waals surface area contributed by atoms with E-state index in [0.29, 0.717) is 5.56 Å². The SMILES string of the molecule is CS(=O)(=O)c1ccc(Oc2c(F)cc(CN)cc2F)cc1. The predicted octanol–water partition coefficient (Wildman–Crippen LogP) is 2.62. The normalized spacial score (nSPS) is 11.4. The maximum absolute atomic E-state index is 13.7. The van der Waals surface area contributed by atoms with Gasteiger partial charge >= 0.3 is 0 Å². The Morgan fingerprint density at radius 1 is 1.10 bits per heavy atom. The summed E-state index contributed by atoms with van der Waals surface area (Å²) in [5.74, 6) is -2.18. The smallest absolute Gasteiger partial charge is 0.198 e. The molecular formula is C14H13F2NO3S. The summed E-state index contributed by atoms with van der Waals surface area (Å²) < 4.78 is 55.2. The molecule has 0 spiro atoms. The molecule has 2 N–H and O–H groups in total. The first-order valence-electron chi connectivity index (χ1n) is 5.97. The molecular weight excluding hydrogens is 300 g/mol. The summed E-state index contributed by atoms with van der Waals surface area (Å²) in [6.45, 7) is 0.0111. The maximum Gasteiger partial charge on any atom is 0.198 e. The highest BCUT2D eigenvalue weighted by Crippen LogP contribution is 2.29. The Morgan fingerprint density at radius 3 is 2.05 bits per heavy atom. The molecule has 0 radical (unpaired) electrons. The van der Waals surface area contributed by atoms with Crippen LogP contribution in [0.2, 0.25) is 0 Å². The maximum atomic E-state index is 13.7. The predicted molar refractivity (Wildman–Crippen MR) is 73.9 cm³/mol. The molecule has 0 fully saturated rings. The summed E-state index contributed by atoms with van der Waals surface area (Å²) in [7, 11) is -3.34. The lowest BCUT2D eigenvalue weighted by Gasteiger charge is -2.09. The average molecular weight is 313 g/mol. The highest BCUT2D eigenvalue weighted by molar-refractivity contribution is 7.90. The van der Waals surface area contributed by atoms with Crippen LogP contribution in [-0.2, 0) is 16.4 Å². The Hall–Kier alpha value is -1.99. The number of hydrogen-bond donors (Lipinski definition) is 1. The van der Waals surface area contributed by atoms with Crippen molar-refractivity contribution in [2.45, 2.75) is 11.4 Å². The highest BCUT2D eigenvalue weighted by Gasteiger charge is 2.14. The van der Waals surface area contributed by atoms with Gasteiger partial charge in [-0.3, -0.25) is 0 Å². The number of hydrogen-bond acceptors (Lipinski definition) is 4. The Bertz CT molecular complexity index is 735. The van der Waals surface area contributed by atoms with Crippen molar-refractivity contribution < 1.29 is 21.9 Å². The monoisotopic (exact) mass is 313 g/mol. The van der Waals surface area contributed by atoms with Gasteiger partial charge in [0.05, 0.1) is 4.90 Å². The van der Waals surface area contributed by atoms with Gasteiger partial charge in [0.25, 0.3) is 0 Å². The molecule has 0 saturated carbocycles. The number of sulfone groups is 1. The molecule has 0 heterocycles. The zero-order valence-electron chi connectivity index (χ0n) is 11.1. The minimum atomic E-state index is -3.34. The number of ether oxygens (including phenoxy) is 1. The number of benzene rings is 2. The van der Waals surface area contributed by atoms with Crippen LogP contribution in [0.1, 0.15) is 5.56 Å². The van der Waals surface area contributed by atoms with E-state index in [9.17, 15) is 17.2 Å². The Morgan fingerprint density at radius 2 is 1.62 bits per heavy atom. The lowest BCUT2D eigenvalue weighted by atomic mass is 10.2. The summed E-state index contributed by atoms with van der Waals surface area (Å²) in [6.07, 6.45) is 1.06. The van der Waals surface area contributed by atoms with Crippen molar-refractivity contribution in [1.82, 2.24) is 0 Å². The third-order valence-electron chi connectivity index (χ3n) is 2.77. The zero-order valence-corrected chi connectivity index (χ0v) is 12.0. The number of rotatable bonds is 4. The van der Waals surface area contributed by atoms with Crippen molar-refractivity contribution in [2.24, 2.45) is 5.73 Å². The van der Waals surface area contributed by atoms with E-state index in [1.165, 1.54) is 24.3 Å². The van der Waals surface area contributed by atoms with Crippen LogP contribution in [0.5, 0.6) is 11.5 Å². The first kappa shape index (κ1) is 15.4. The molecule has 0 saturated heterocycles. The van der Waals surface area contributed by atoms with Crippen molar-refractivity contribution >= 4 is 9.84 Å². The molecule has 0 unspecified atom stereocenters. The summed E-state index contributed by atoms with van der Waals surface area (Å²) in [4.78, 5) is 0.0919. The van der Waals surface area contributed by atoms with E-state index in [-0.39, 0.29) is 17.2 Å². The van der Waals surface area contributed by atoms with Gasteiger partial charge < -0.3 is 10.5 Å². The molecule has 0 amide bonds. The quantitative estimate of drug-likeness (QED) is 0.942. The van der Waals surface area contributed by atoms with E-state index >= 15 is 0 Å². The van der Waals surface area contributed by atoms with Crippen molar-refractivity contribution in [1.29, 1.82) is 0 Å². The largest absolute Gasteiger partial charge is 0.451 e. The molecule has 21 heavy (non-hydrogen) atoms. The Labute approximate surface area is 121 Å². The molecule has 0 atom stereocenters. The molecule has 7 heteroatoms. The van der Waals surface area contributed by atoms with Crippen LogP contribution in [0.4, 0.5) is 8.78 Å². The molecule has 4 nitrogen and oxygen atoms in total. The molecule has 0 aromatic heterocycles. The van der Waals surface area contributed by atoms with E-state index in [4.69, 9.17) is 10.5 Å². The summed E-state index contributed by atoms with van der Waals surface area (Å²) >= 11 is 0. The Kier molecular flexibility index (Phi) is 4.24. The van der Waals surface area contributed by atoms with E-state index in [2.05, 4.69) is 0 Å². The minimum Gasteiger partial charge on any atom is -0.451 e. The lowest BCUT2D eigenvalue weighted by molar-refractivity contribution is 0.406. The first-order valence-corrected chi connectivity index (χ1v) is 7.86. The van der Waals surface area contributed by atoms with Gasteiger partial charge in [-0.05, 0) is 42.0 Å². The van der Waals surface area contributed by atoms with Gasteiger partial charge in [-0.2, -0.15) is 0 Å². The summed E-state index contributed by atoms with van der Waals surface area (Å²) in [5, 5.41) is 0. The van der Waals surface area contributed by atoms with E-state index in [1.54, 1.807) is 0 Å². The summed E-state index contributed by atoms with van der Waals surface area (Å²) in [5.41, 5.74) is 5.63. The van der Waals surface area contributed by atoms with Gasteiger partial charge in [0.1, 0.15) is 5.75 Å². The summed E-state index contributed by atoms with van der Waals surface area (Å²) in [6, 6.07) is 7.42. The highest BCUT2D eigenvalue weighted by atomic mass is 32.2. The van der Waals surface area contributed by atoms with Crippen LogP contribution >= 0.6 is 0 Å². The van der Waals surface area contributed by atoms with Crippen LogP contribution in [0.15, 0.2) is 41.3 Å². The average Bonchev–Trinajstić information content (AvgIpc) is 2.42. The van der Waals surface area contributed by atoms with Gasteiger partial charge in [0, 0.05) is 12.8 Å². The van der Waals surface area contributed by atoms with Crippen LogP contribution in [0.25, 0.3) is 0 Å². The molecule has 2 rings (SSSR count). The van der Waals surface area contributed by atoms with Crippen molar-refractivity contribution in [3.05, 3.63) is 53.6 Å². The second-order valence-electron chi connectivity index (χ2n) is 4.44. The van der Waals surface area contributed by atoms with Crippen molar-refractivity contribution in [2.75, 3.05) is 6.26 Å². The van der Waals surface area contributed by atoms with Crippen LogP contribution in [0.3, 0.4) is 0 Å². The zero-order chi connectivity index (χ0) is 15.6. The van der Waals surface area contributed by atoms with Gasteiger partial charge in [-0.25, -0.2) is 17.2 Å². The molecule has 2 aromatic rings. The Balaban J connectivity index is 2.31. The third kappa shape index (κ3) is 3.56. The van der Waals surface area contributed by atoms with Crippen molar-refractivity contribution in [3.63, 3.8) is 0 Å². The van der Waals surface area contributed by atoms with E-state index < -0.39 is 27.2 Å². The fraction of sp³-hybridized carbons (Fsp3) is 0.143. The van der Waals surface area contributed by atoms with Gasteiger partial charge in [-0.15, -0.1) is 0 Å². The molecule has 0 aliphatic carbocycles. The topological polar surface area (TPSA) is 69.4 Å². The fourth-order valence-electron chi connectivity index (χ4n) is 1.70. The second-order valence-corrected chi connectivity index (χ2v) is 6.45. The van der Waals surface area contributed by atoms with Crippen LogP contribution < -0.4 is 10.5 Å². The molecule has 0 bridgehead atoms.